The van der Waals surface area contributed by atoms with E-state index in [4.69, 9.17) is 8.83 Å². The zero-order chi connectivity index (χ0) is 17.4. The van der Waals surface area contributed by atoms with E-state index in [9.17, 15) is 0 Å². The van der Waals surface area contributed by atoms with Crippen LogP contribution in [0.5, 0.6) is 0 Å². The highest BCUT2D eigenvalue weighted by Crippen LogP contribution is 2.30. The number of oxazole rings is 1. The van der Waals surface area contributed by atoms with Gasteiger partial charge in [-0.1, -0.05) is 24.3 Å². The highest BCUT2D eigenvalue weighted by Gasteiger charge is 2.20. The Morgan fingerprint density at radius 3 is 2.76 bits per heavy atom. The molecule has 1 atom stereocenters. The average molecular weight is 352 g/mol. The van der Waals surface area contributed by atoms with Crippen LogP contribution >= 0.6 is 11.3 Å². The number of benzene rings is 1. The molecule has 25 heavy (non-hydrogen) atoms. The highest BCUT2D eigenvalue weighted by atomic mass is 32.1. The van der Waals surface area contributed by atoms with Crippen molar-refractivity contribution in [3.05, 3.63) is 65.1 Å². The first kappa shape index (κ1) is 16.1. The fourth-order valence-corrected chi connectivity index (χ4v) is 3.53. The smallest absolute Gasteiger partial charge is 0.236 e. The molecule has 5 heteroatoms. The van der Waals surface area contributed by atoms with Crippen molar-refractivity contribution in [1.29, 1.82) is 0 Å². The molecule has 0 N–H and O–H groups in total. The summed E-state index contributed by atoms with van der Waals surface area (Å²) >= 11 is 1.64. The molecule has 0 spiro atoms. The Morgan fingerprint density at radius 1 is 1.16 bits per heavy atom. The first-order valence-corrected chi connectivity index (χ1v) is 9.18. The van der Waals surface area contributed by atoms with Crippen molar-refractivity contribution in [2.24, 2.45) is 0 Å². The Labute approximate surface area is 150 Å². The summed E-state index contributed by atoms with van der Waals surface area (Å²) in [5.74, 6) is 2.53. The van der Waals surface area contributed by atoms with Gasteiger partial charge in [-0.3, -0.25) is 4.90 Å². The molecule has 0 bridgehead atoms. The Morgan fingerprint density at radius 2 is 2.00 bits per heavy atom. The summed E-state index contributed by atoms with van der Waals surface area (Å²) in [7, 11) is 2.08. The van der Waals surface area contributed by atoms with Crippen molar-refractivity contribution in [2.45, 2.75) is 26.4 Å². The number of furan rings is 1. The average Bonchev–Trinajstić information content (AvgIpc) is 3.33. The number of para-hydroxylation sites is 1. The maximum absolute atomic E-state index is 6.00. The number of hydrogen-bond donors (Lipinski definition) is 0. The summed E-state index contributed by atoms with van der Waals surface area (Å²) in [6.45, 7) is 4.82. The first-order valence-electron chi connectivity index (χ1n) is 8.30. The summed E-state index contributed by atoms with van der Waals surface area (Å²) in [6.07, 6.45) is 0. The molecule has 1 aromatic carbocycles. The Balaban J connectivity index is 1.54. The van der Waals surface area contributed by atoms with E-state index in [0.29, 0.717) is 12.4 Å². The van der Waals surface area contributed by atoms with Gasteiger partial charge in [0.15, 0.2) is 0 Å². The molecule has 0 fully saturated rings. The molecule has 0 unspecified atom stereocenters. The number of aromatic nitrogens is 1. The molecule has 4 aromatic rings. The van der Waals surface area contributed by atoms with Crippen molar-refractivity contribution in [3.8, 4) is 10.8 Å². The van der Waals surface area contributed by atoms with Gasteiger partial charge >= 0.3 is 0 Å². The highest BCUT2D eigenvalue weighted by molar-refractivity contribution is 7.13. The lowest BCUT2D eigenvalue weighted by molar-refractivity contribution is 0.223. The predicted molar refractivity (Wildman–Crippen MR) is 101 cm³/mol. The van der Waals surface area contributed by atoms with Crippen LogP contribution in [0.4, 0.5) is 0 Å². The van der Waals surface area contributed by atoms with Crippen molar-refractivity contribution in [2.75, 3.05) is 7.05 Å². The van der Waals surface area contributed by atoms with Crippen LogP contribution in [0.15, 0.2) is 56.7 Å². The summed E-state index contributed by atoms with van der Waals surface area (Å²) in [4.78, 5) is 7.96. The van der Waals surface area contributed by atoms with Crippen LogP contribution in [0.3, 0.4) is 0 Å². The Hall–Kier alpha value is -2.37. The fraction of sp³-hybridized carbons (Fsp3) is 0.250. The van der Waals surface area contributed by atoms with Gasteiger partial charge < -0.3 is 8.83 Å². The second-order valence-corrected chi connectivity index (χ2v) is 7.22. The largest absolute Gasteiger partial charge is 0.459 e. The number of hydrogen-bond acceptors (Lipinski definition) is 5. The van der Waals surface area contributed by atoms with Crippen LogP contribution in [-0.2, 0) is 6.54 Å². The molecular formula is C20H20N2O2S. The van der Waals surface area contributed by atoms with Gasteiger partial charge in [0.1, 0.15) is 17.1 Å². The van der Waals surface area contributed by atoms with E-state index in [1.54, 1.807) is 11.3 Å². The fourth-order valence-electron chi connectivity index (χ4n) is 2.88. The molecule has 0 aliphatic heterocycles. The van der Waals surface area contributed by atoms with Gasteiger partial charge in [0.2, 0.25) is 5.89 Å². The van der Waals surface area contributed by atoms with Crippen LogP contribution in [0, 0.1) is 6.92 Å². The predicted octanol–water partition coefficient (Wildman–Crippen LogP) is 5.65. The normalized spacial score (nSPS) is 13.0. The van der Waals surface area contributed by atoms with E-state index in [2.05, 4.69) is 36.0 Å². The number of rotatable bonds is 5. The lowest BCUT2D eigenvalue weighted by atomic mass is 10.2. The summed E-state index contributed by atoms with van der Waals surface area (Å²) < 4.78 is 11.8. The number of nitrogens with zero attached hydrogens (tertiary/aromatic N) is 2. The van der Waals surface area contributed by atoms with Crippen molar-refractivity contribution in [1.82, 2.24) is 9.88 Å². The third-order valence-corrected chi connectivity index (χ3v) is 5.40. The zero-order valence-corrected chi connectivity index (χ0v) is 15.3. The molecule has 0 aliphatic rings. The van der Waals surface area contributed by atoms with Crippen LogP contribution in [0.25, 0.3) is 21.7 Å². The lowest BCUT2D eigenvalue weighted by Crippen LogP contribution is -2.22. The SMILES string of the molecule is Cc1oc(-c2cccs2)nc1CN(C)[C@@H](C)c1cc2ccccc2o1. The molecule has 0 saturated carbocycles. The van der Waals surface area contributed by atoms with Crippen molar-refractivity contribution >= 4 is 22.3 Å². The molecule has 3 aromatic heterocycles. The van der Waals surface area contributed by atoms with E-state index < -0.39 is 0 Å². The number of fused-ring (bicyclic) bond motifs is 1. The summed E-state index contributed by atoms with van der Waals surface area (Å²) in [5, 5.41) is 3.17. The summed E-state index contributed by atoms with van der Waals surface area (Å²) in [5.41, 5.74) is 1.89. The van der Waals surface area contributed by atoms with Gasteiger partial charge in [-0.25, -0.2) is 4.98 Å². The second-order valence-electron chi connectivity index (χ2n) is 6.28. The van der Waals surface area contributed by atoms with Crippen LogP contribution < -0.4 is 0 Å². The van der Waals surface area contributed by atoms with Crippen molar-refractivity contribution < 1.29 is 8.83 Å². The van der Waals surface area contributed by atoms with E-state index in [1.807, 2.05) is 42.6 Å². The Kier molecular flexibility index (Phi) is 4.19. The number of thiophene rings is 1. The van der Waals surface area contributed by atoms with Gasteiger partial charge in [0.25, 0.3) is 0 Å². The van der Waals surface area contributed by atoms with Gasteiger partial charge in [-0.05, 0) is 44.5 Å². The maximum Gasteiger partial charge on any atom is 0.236 e. The topological polar surface area (TPSA) is 42.4 Å². The van der Waals surface area contributed by atoms with E-state index in [-0.39, 0.29) is 6.04 Å². The third-order valence-electron chi connectivity index (χ3n) is 4.54. The number of aryl methyl sites for hydroxylation is 1. The van der Waals surface area contributed by atoms with Crippen LogP contribution in [0.1, 0.15) is 30.2 Å². The monoisotopic (exact) mass is 352 g/mol. The molecule has 4 nitrogen and oxygen atoms in total. The van der Waals surface area contributed by atoms with Gasteiger partial charge in [-0.2, -0.15) is 0 Å². The minimum absolute atomic E-state index is 0.147. The van der Waals surface area contributed by atoms with E-state index >= 15 is 0 Å². The van der Waals surface area contributed by atoms with Crippen LogP contribution in [0.2, 0.25) is 0 Å². The molecular weight excluding hydrogens is 332 g/mol. The van der Waals surface area contributed by atoms with Crippen molar-refractivity contribution in [3.63, 3.8) is 0 Å². The van der Waals surface area contributed by atoms with E-state index in [1.165, 1.54) is 0 Å². The molecule has 0 aliphatic carbocycles. The molecule has 0 amide bonds. The summed E-state index contributed by atoms with van der Waals surface area (Å²) in [6, 6.07) is 14.4. The van der Waals surface area contributed by atoms with Crippen LogP contribution in [-0.4, -0.2) is 16.9 Å². The van der Waals surface area contributed by atoms with Gasteiger partial charge in [0, 0.05) is 11.9 Å². The second kappa shape index (κ2) is 6.50. The standard InChI is InChI=1S/C20H20N2O2S/c1-13(18-11-15-7-4-5-8-17(15)24-18)22(3)12-16-14(2)23-20(21-16)19-9-6-10-25-19/h4-11,13H,12H2,1-3H3/t13-/m0/s1. The minimum atomic E-state index is 0.147. The van der Waals surface area contributed by atoms with E-state index in [0.717, 1.165) is 33.1 Å². The molecule has 128 valence electrons. The Bertz CT molecular complexity index is 951. The maximum atomic E-state index is 6.00. The molecule has 0 radical (unpaired) electrons. The molecule has 4 rings (SSSR count). The quantitative estimate of drug-likeness (QED) is 0.465. The van der Waals surface area contributed by atoms with Gasteiger partial charge in [0.05, 0.1) is 16.6 Å². The minimum Gasteiger partial charge on any atom is -0.459 e. The zero-order valence-electron chi connectivity index (χ0n) is 14.5. The van der Waals surface area contributed by atoms with Gasteiger partial charge in [-0.15, -0.1) is 11.3 Å². The molecule has 0 saturated heterocycles. The molecule has 3 heterocycles. The third kappa shape index (κ3) is 3.13. The lowest BCUT2D eigenvalue weighted by Gasteiger charge is -2.21. The first-order chi connectivity index (χ1) is 12.1.